The van der Waals surface area contributed by atoms with Crippen LogP contribution in [0.25, 0.3) is 0 Å². The zero-order valence-corrected chi connectivity index (χ0v) is 15.9. The zero-order valence-electron chi connectivity index (χ0n) is 15.9. The van der Waals surface area contributed by atoms with Crippen LogP contribution in [0.15, 0.2) is 30.6 Å². The Bertz CT molecular complexity index is 962. The highest BCUT2D eigenvalue weighted by Gasteiger charge is 2.41. The van der Waals surface area contributed by atoms with Gasteiger partial charge in [0, 0.05) is 30.5 Å². The molecule has 2 aromatic rings. The van der Waals surface area contributed by atoms with Crippen molar-refractivity contribution in [2.75, 3.05) is 7.11 Å². The summed E-state index contributed by atoms with van der Waals surface area (Å²) in [6, 6.07) is 7.06. The summed E-state index contributed by atoms with van der Waals surface area (Å²) in [4.78, 5) is 20.4. The molecule has 3 N–H and O–H groups in total. The van der Waals surface area contributed by atoms with Gasteiger partial charge < -0.3 is 10.1 Å². The van der Waals surface area contributed by atoms with E-state index in [-0.39, 0.29) is 35.3 Å². The van der Waals surface area contributed by atoms with Crippen molar-refractivity contribution in [3.8, 4) is 11.9 Å². The molecule has 2 aliphatic rings. The van der Waals surface area contributed by atoms with Crippen molar-refractivity contribution in [3.05, 3.63) is 53.2 Å². The minimum Gasteiger partial charge on any atom is -0.481 e. The number of methoxy groups -OCH3 is 1. The molecule has 0 bridgehead atoms. The molecule has 2 aromatic heterocycles. The number of carbonyl (C=O) groups excluding carboxylic acids is 1. The summed E-state index contributed by atoms with van der Waals surface area (Å²) in [5.41, 5.74) is 7.22. The molecule has 4 atom stereocenters. The first-order valence-corrected chi connectivity index (χ1v) is 9.47. The van der Waals surface area contributed by atoms with E-state index < -0.39 is 11.7 Å². The summed E-state index contributed by atoms with van der Waals surface area (Å²) < 4.78 is 19.5. The van der Waals surface area contributed by atoms with E-state index in [0.717, 1.165) is 24.8 Å². The monoisotopic (exact) mass is 396 g/mol. The van der Waals surface area contributed by atoms with E-state index in [1.165, 1.54) is 12.3 Å². The minimum atomic E-state index is -0.882. The average molecular weight is 396 g/mol. The van der Waals surface area contributed by atoms with Crippen LogP contribution in [-0.4, -0.2) is 35.1 Å². The Labute approximate surface area is 167 Å². The summed E-state index contributed by atoms with van der Waals surface area (Å²) in [6.45, 7) is 0. The zero-order chi connectivity index (χ0) is 20.4. The van der Waals surface area contributed by atoms with Gasteiger partial charge in [-0.25, -0.2) is 19.8 Å². The Morgan fingerprint density at radius 1 is 1.31 bits per heavy atom. The molecule has 1 saturated carbocycles. The first kappa shape index (κ1) is 19.2. The van der Waals surface area contributed by atoms with Gasteiger partial charge in [0.25, 0.3) is 5.91 Å². The fourth-order valence-corrected chi connectivity index (χ4v) is 4.21. The maximum Gasteiger partial charge on any atom is 0.254 e. The quantitative estimate of drug-likeness (QED) is 0.720. The first-order valence-electron chi connectivity index (χ1n) is 9.47. The second kappa shape index (κ2) is 8.11. The van der Waals surface area contributed by atoms with Crippen molar-refractivity contribution in [3.63, 3.8) is 0 Å². The van der Waals surface area contributed by atoms with Crippen LogP contribution in [0.5, 0.6) is 5.88 Å². The van der Waals surface area contributed by atoms with Crippen LogP contribution in [0.3, 0.4) is 0 Å². The van der Waals surface area contributed by atoms with Gasteiger partial charge in [0.15, 0.2) is 11.5 Å². The Morgan fingerprint density at radius 3 is 2.93 bits per heavy atom. The van der Waals surface area contributed by atoms with Crippen molar-refractivity contribution in [1.82, 2.24) is 26.1 Å². The van der Waals surface area contributed by atoms with Crippen molar-refractivity contribution >= 4 is 5.91 Å². The number of hydrogen-bond donors (Lipinski definition) is 3. The maximum atomic E-state index is 14.3. The third-order valence-corrected chi connectivity index (χ3v) is 5.65. The molecule has 0 aromatic carbocycles. The van der Waals surface area contributed by atoms with Gasteiger partial charge in [0.1, 0.15) is 6.07 Å². The molecule has 0 spiro atoms. The molecule has 1 amide bonds. The van der Waals surface area contributed by atoms with Crippen LogP contribution in [-0.2, 0) is 0 Å². The van der Waals surface area contributed by atoms with Crippen LogP contribution in [0.4, 0.5) is 4.39 Å². The number of nitrogens with zero attached hydrogens (tertiary/aromatic N) is 3. The van der Waals surface area contributed by atoms with Crippen LogP contribution < -0.4 is 20.9 Å². The number of rotatable bonds is 4. The number of ether oxygens (including phenoxy) is 1. The lowest BCUT2D eigenvalue weighted by molar-refractivity contribution is 0.0911. The van der Waals surface area contributed by atoms with Gasteiger partial charge in [-0.05, 0) is 42.9 Å². The number of pyridine rings is 2. The van der Waals surface area contributed by atoms with Gasteiger partial charge in [-0.1, -0.05) is 0 Å². The fraction of sp³-hybridized carbons (Fsp3) is 0.400. The molecule has 0 radical (unpaired) electrons. The Morgan fingerprint density at radius 2 is 2.14 bits per heavy atom. The van der Waals surface area contributed by atoms with E-state index in [2.05, 4.69) is 26.1 Å². The van der Waals surface area contributed by atoms with Gasteiger partial charge in [-0.2, -0.15) is 5.26 Å². The van der Waals surface area contributed by atoms with E-state index in [9.17, 15) is 9.18 Å². The first-order chi connectivity index (χ1) is 14.1. The number of hydrogen-bond acceptors (Lipinski definition) is 7. The molecular formula is C20H21FN6O2. The molecule has 4 rings (SSSR count). The third kappa shape index (κ3) is 3.77. The molecule has 1 saturated heterocycles. The second-order valence-electron chi connectivity index (χ2n) is 7.28. The van der Waals surface area contributed by atoms with E-state index in [0.29, 0.717) is 5.88 Å². The number of fused-ring (bicyclic) bond motifs is 1. The van der Waals surface area contributed by atoms with Crippen LogP contribution in [0.1, 0.15) is 46.9 Å². The molecule has 2 fully saturated rings. The van der Waals surface area contributed by atoms with Gasteiger partial charge >= 0.3 is 0 Å². The standard InChI is InChI=1S/C20H21FN6O2/c1-29-17-8-11(4-6-24-17)19-14-9-12(2-3-15(14)26-27-19)25-20(28)13-5-7-23-16(10-22)18(13)21/h4-8,12,14-15,19,26-27H,2-3,9H2,1H3,(H,25,28). The SMILES string of the molecule is COc1cc(C2NNC3CCC(NC(=O)c4ccnc(C#N)c4F)CC32)ccn1. The minimum absolute atomic E-state index is 0.0551. The molecular weight excluding hydrogens is 375 g/mol. The third-order valence-electron chi connectivity index (χ3n) is 5.65. The van der Waals surface area contributed by atoms with Crippen molar-refractivity contribution < 1.29 is 13.9 Å². The smallest absolute Gasteiger partial charge is 0.254 e. The summed E-state index contributed by atoms with van der Waals surface area (Å²) in [6.07, 6.45) is 5.38. The summed E-state index contributed by atoms with van der Waals surface area (Å²) in [7, 11) is 1.58. The maximum absolute atomic E-state index is 14.3. The number of nitriles is 1. The predicted molar refractivity (Wildman–Crippen MR) is 101 cm³/mol. The number of aromatic nitrogens is 2. The van der Waals surface area contributed by atoms with Crippen LogP contribution >= 0.6 is 0 Å². The highest BCUT2D eigenvalue weighted by atomic mass is 19.1. The lowest BCUT2D eigenvalue weighted by Gasteiger charge is -2.33. The number of carbonyl (C=O) groups is 1. The van der Waals surface area contributed by atoms with E-state index in [1.807, 2.05) is 12.1 Å². The lowest BCUT2D eigenvalue weighted by atomic mass is 9.77. The van der Waals surface area contributed by atoms with E-state index in [1.54, 1.807) is 19.4 Å². The fourth-order valence-electron chi connectivity index (χ4n) is 4.21. The summed E-state index contributed by atoms with van der Waals surface area (Å²) in [5.74, 6) is -0.606. The molecule has 1 aliphatic carbocycles. The molecule has 9 heteroatoms. The predicted octanol–water partition coefficient (Wildman–Crippen LogP) is 1.61. The normalized spacial score (nSPS) is 25.7. The van der Waals surface area contributed by atoms with Crippen LogP contribution in [0.2, 0.25) is 0 Å². The highest BCUT2D eigenvalue weighted by Crippen LogP contribution is 2.38. The van der Waals surface area contributed by atoms with Gasteiger partial charge in [-0.3, -0.25) is 10.2 Å². The highest BCUT2D eigenvalue weighted by molar-refractivity contribution is 5.94. The largest absolute Gasteiger partial charge is 0.481 e. The molecule has 150 valence electrons. The number of halogens is 1. The number of amides is 1. The lowest BCUT2D eigenvalue weighted by Crippen LogP contribution is -2.44. The van der Waals surface area contributed by atoms with Crippen molar-refractivity contribution in [2.24, 2.45) is 5.92 Å². The number of nitrogens with one attached hydrogen (secondary N) is 3. The van der Waals surface area contributed by atoms with Crippen molar-refractivity contribution in [2.45, 2.75) is 37.4 Å². The molecule has 1 aliphatic heterocycles. The van der Waals surface area contributed by atoms with Crippen molar-refractivity contribution in [1.29, 1.82) is 5.26 Å². The Hall–Kier alpha value is -3.09. The molecule has 4 unspecified atom stereocenters. The molecule has 29 heavy (non-hydrogen) atoms. The van der Waals surface area contributed by atoms with E-state index in [4.69, 9.17) is 10.00 Å². The van der Waals surface area contributed by atoms with Gasteiger partial charge in [0.2, 0.25) is 5.88 Å². The second-order valence-corrected chi connectivity index (χ2v) is 7.28. The average Bonchev–Trinajstić information content (AvgIpc) is 3.17. The topological polar surface area (TPSA) is 112 Å². The van der Waals surface area contributed by atoms with Gasteiger partial charge in [-0.15, -0.1) is 0 Å². The Kier molecular flexibility index (Phi) is 5.38. The van der Waals surface area contributed by atoms with E-state index >= 15 is 0 Å². The number of hydrazine groups is 1. The molecule has 8 nitrogen and oxygen atoms in total. The van der Waals surface area contributed by atoms with Crippen LogP contribution in [0, 0.1) is 23.1 Å². The molecule has 3 heterocycles. The Balaban J connectivity index is 1.48. The van der Waals surface area contributed by atoms with Gasteiger partial charge in [0.05, 0.1) is 18.7 Å². The summed E-state index contributed by atoms with van der Waals surface area (Å²) in [5, 5.41) is 11.8. The summed E-state index contributed by atoms with van der Waals surface area (Å²) >= 11 is 0.